The zero-order valence-electron chi connectivity index (χ0n) is 82.4. The summed E-state index contributed by atoms with van der Waals surface area (Å²) in [7, 11) is -5.14. The quantitative estimate of drug-likeness (QED) is 0.0822. The highest BCUT2D eigenvalue weighted by Crippen LogP contribution is 2.41. The molecule has 0 saturated heterocycles. The lowest BCUT2D eigenvalue weighted by Crippen LogP contribution is -2.49. The Labute approximate surface area is 861 Å². The lowest BCUT2D eigenvalue weighted by Gasteiger charge is -2.19. The molecule has 3 aliphatic rings. The molecule has 6 heterocycles. The van der Waals surface area contributed by atoms with Gasteiger partial charge in [-0.1, -0.05) is 537 Å². The van der Waals surface area contributed by atoms with Crippen LogP contribution in [0.1, 0.15) is 0 Å². The maximum Gasteiger partial charge on any atom is 0.164 e. The van der Waals surface area contributed by atoms with E-state index in [0.29, 0.717) is 52.4 Å². The lowest BCUT2D eigenvalue weighted by atomic mass is 9.97. The summed E-state index contributed by atoms with van der Waals surface area (Å²) < 4.78 is 0. The Kier molecular flexibility index (Phi) is 24.3. The zero-order valence-corrected chi connectivity index (χ0v) is 85.4. The molecule has 0 bridgehead atoms. The smallest absolute Gasteiger partial charge is 0.164 e. The molecular formula is C135H101N9Si3. The van der Waals surface area contributed by atoms with Crippen molar-refractivity contribution in [2.45, 2.75) is 39.3 Å². The molecule has 0 N–H and O–H groups in total. The van der Waals surface area contributed by atoms with Crippen LogP contribution in [-0.2, 0) is 0 Å². The number of nitrogens with zero attached hydrogens (tertiary/aromatic N) is 9. The van der Waals surface area contributed by atoms with E-state index in [2.05, 4.69) is 409 Å². The predicted molar refractivity (Wildman–Crippen MR) is 618 cm³/mol. The van der Waals surface area contributed by atoms with Crippen LogP contribution < -0.4 is 31.1 Å². The van der Waals surface area contributed by atoms with Crippen LogP contribution >= 0.6 is 0 Å². The summed E-state index contributed by atoms with van der Waals surface area (Å²) >= 11 is 0. The summed E-state index contributed by atoms with van der Waals surface area (Å²) in [6, 6.07) is 178. The van der Waals surface area contributed by atoms with Gasteiger partial charge < -0.3 is 0 Å². The fraction of sp³-hybridized carbons (Fsp3) is 0.0444. The second kappa shape index (κ2) is 39.1. The molecule has 147 heavy (non-hydrogen) atoms. The van der Waals surface area contributed by atoms with Gasteiger partial charge in [-0.15, -0.1) is 0 Å². The van der Waals surface area contributed by atoms with Crippen molar-refractivity contribution in [3.8, 4) is 225 Å². The molecule has 20 aromatic carbocycles. The van der Waals surface area contributed by atoms with Crippen molar-refractivity contribution in [3.63, 3.8) is 0 Å². The topological polar surface area (TPSA) is 116 Å². The first kappa shape index (κ1) is 91.6. The van der Waals surface area contributed by atoms with Gasteiger partial charge in [-0.05, 0) is 160 Å². The zero-order chi connectivity index (χ0) is 99.1. The van der Waals surface area contributed by atoms with E-state index in [0.717, 1.165) is 83.5 Å². The van der Waals surface area contributed by atoms with Gasteiger partial charge in [0, 0.05) is 50.1 Å². The van der Waals surface area contributed by atoms with E-state index < -0.39 is 24.2 Å². The van der Waals surface area contributed by atoms with Gasteiger partial charge in [-0.2, -0.15) is 0 Å². The molecule has 9 nitrogen and oxygen atoms in total. The predicted octanol–water partition coefficient (Wildman–Crippen LogP) is 30.4. The van der Waals surface area contributed by atoms with Gasteiger partial charge >= 0.3 is 0 Å². The Hall–Kier alpha value is -17.9. The van der Waals surface area contributed by atoms with E-state index in [4.69, 9.17) is 44.9 Å². The van der Waals surface area contributed by atoms with E-state index in [1.54, 1.807) is 5.19 Å². The summed E-state index contributed by atoms with van der Waals surface area (Å²) in [5.74, 6) is 5.91. The molecule has 3 aromatic heterocycles. The Morgan fingerprint density at radius 1 is 0.102 bits per heavy atom. The number of benzene rings is 20. The fourth-order valence-corrected chi connectivity index (χ4v) is 30.5. The van der Waals surface area contributed by atoms with Crippen LogP contribution in [0.3, 0.4) is 0 Å². The van der Waals surface area contributed by atoms with E-state index in [1.807, 2.05) is 133 Å². The summed E-state index contributed by atoms with van der Waals surface area (Å²) in [5.41, 5.74) is 36.2. The van der Waals surface area contributed by atoms with E-state index in [1.165, 1.54) is 115 Å². The summed E-state index contributed by atoms with van der Waals surface area (Å²) in [5, 5.41) is 9.21. The maximum absolute atomic E-state index is 5.01. The summed E-state index contributed by atoms with van der Waals surface area (Å²) in [4.78, 5) is 44.3. The monoisotopic (exact) mass is 1930 g/mol. The van der Waals surface area contributed by atoms with Crippen molar-refractivity contribution >= 4 is 55.3 Å². The Morgan fingerprint density at radius 2 is 0.238 bits per heavy atom. The van der Waals surface area contributed by atoms with Crippen molar-refractivity contribution in [1.82, 2.24) is 44.9 Å². The van der Waals surface area contributed by atoms with Gasteiger partial charge in [0.25, 0.3) is 0 Å². The lowest BCUT2D eigenvalue weighted by molar-refractivity contribution is 1.07. The van der Waals surface area contributed by atoms with Crippen molar-refractivity contribution < 1.29 is 0 Å². The largest absolute Gasteiger partial charge is 0.208 e. The molecule has 3 aliphatic heterocycles. The molecule has 23 aromatic rings. The standard InChI is InChI=1S/2C47H35N3Si.C41H31N3Si/c1-51(2)43-19-10-9-18-41(43)42-29-28-39(31-44(42)51)35-22-20-33(21-23-35)34-24-26-37(27-25-34)46-48-45(36-14-7-4-8-15-36)49-47(50-46)40-17-11-16-38(30-40)32-12-5-3-6-13-32;1-51(2)43-16-10-9-15-41(43)42-30-29-40(31-44(42)51)36-19-17-34(18-20-36)35-23-27-39(28-24-35)47-49-45(37-13-7-4-8-14-37)48-46(50-47)38-25-21-33(22-26-38)32-11-5-3-6-12-32;1-45(2)37-16-10-9-15-35(37)36-26-25-34(27-38(36)45)30-19-17-28(18-20-30)29-21-23-33(24-22-29)41-43-39(31-11-5-3-6-12-31)42-40(44-41)32-13-7-4-8-14-32/h2*3-31H,1-2H3;3-27H,1-2H3. The summed E-state index contributed by atoms with van der Waals surface area (Å²) in [6.45, 7) is 14.8. The minimum absolute atomic E-state index is 0.649. The Bertz CT molecular complexity index is 8770. The van der Waals surface area contributed by atoms with Crippen LogP contribution in [0.25, 0.3) is 225 Å². The van der Waals surface area contributed by atoms with Gasteiger partial charge in [-0.25, -0.2) is 44.9 Å². The molecule has 0 saturated carbocycles. The van der Waals surface area contributed by atoms with Crippen LogP contribution in [0.4, 0.5) is 0 Å². The maximum atomic E-state index is 5.01. The van der Waals surface area contributed by atoms with E-state index >= 15 is 0 Å². The molecule has 698 valence electrons. The molecule has 0 aliphatic carbocycles. The fourth-order valence-electron chi connectivity index (χ4n) is 21.2. The van der Waals surface area contributed by atoms with Gasteiger partial charge in [0.2, 0.25) is 0 Å². The molecule has 0 fully saturated rings. The van der Waals surface area contributed by atoms with Crippen LogP contribution in [0.15, 0.2) is 504 Å². The van der Waals surface area contributed by atoms with Crippen molar-refractivity contribution in [2.75, 3.05) is 0 Å². The van der Waals surface area contributed by atoms with Crippen LogP contribution in [0, 0.1) is 0 Å². The Balaban J connectivity index is 0.000000118. The van der Waals surface area contributed by atoms with Crippen LogP contribution in [0.5, 0.6) is 0 Å². The number of hydrogen-bond acceptors (Lipinski definition) is 9. The molecular weight excluding hydrogens is 1830 g/mol. The average molecular weight is 1930 g/mol. The van der Waals surface area contributed by atoms with Gasteiger partial charge in [0.1, 0.15) is 24.2 Å². The van der Waals surface area contributed by atoms with Gasteiger partial charge in [0.05, 0.1) is 0 Å². The van der Waals surface area contributed by atoms with Crippen LogP contribution in [-0.4, -0.2) is 69.1 Å². The number of hydrogen-bond donors (Lipinski definition) is 0. The highest BCUT2D eigenvalue weighted by atomic mass is 28.3. The third-order valence-corrected chi connectivity index (χ3v) is 40.0. The Morgan fingerprint density at radius 3 is 0.469 bits per heavy atom. The highest BCUT2D eigenvalue weighted by molar-refractivity contribution is 7.05. The molecule has 0 atom stereocenters. The highest BCUT2D eigenvalue weighted by Gasteiger charge is 2.40. The first-order chi connectivity index (χ1) is 72.1. The van der Waals surface area contributed by atoms with Crippen LogP contribution in [0.2, 0.25) is 39.3 Å². The van der Waals surface area contributed by atoms with Crippen molar-refractivity contribution in [3.05, 3.63) is 504 Å². The number of aromatic nitrogens is 9. The minimum atomic E-state index is -1.72. The van der Waals surface area contributed by atoms with Gasteiger partial charge in [0.15, 0.2) is 52.4 Å². The average Bonchev–Trinajstić information content (AvgIpc) is 1.59. The van der Waals surface area contributed by atoms with Gasteiger partial charge in [-0.3, -0.25) is 0 Å². The molecule has 0 radical (unpaired) electrons. The summed E-state index contributed by atoms with van der Waals surface area (Å²) in [6.07, 6.45) is 0. The number of rotatable bonds is 17. The first-order valence-corrected chi connectivity index (χ1v) is 59.3. The molecule has 0 amide bonds. The first-order valence-electron chi connectivity index (χ1n) is 50.3. The second-order valence-electron chi connectivity index (χ2n) is 39.5. The van der Waals surface area contributed by atoms with E-state index in [-0.39, 0.29) is 0 Å². The normalized spacial score (nSPS) is 12.7. The third-order valence-electron chi connectivity index (χ3n) is 29.3. The minimum Gasteiger partial charge on any atom is -0.208 e. The SMILES string of the molecule is C[Si]1(C)c2ccccc2-c2ccc(-c3ccc(-c4ccc(-c5nc(-c6ccccc6)nc(-c6ccc(-c7ccccc7)cc6)n5)cc4)cc3)cc21.C[Si]1(C)c2ccccc2-c2ccc(-c3ccc(-c4ccc(-c5nc(-c6ccccc6)nc(-c6cccc(-c7ccccc7)c6)n5)cc4)cc3)cc21.C[Si]1(C)c2ccccc2-c2ccc(-c3ccc(-c4ccc(-c5nc(-c6ccccc6)nc(-c6ccccc6)n5)cc4)cc3)cc21. The third kappa shape index (κ3) is 18.2. The second-order valence-corrected chi connectivity index (χ2v) is 52.5. The molecule has 0 spiro atoms. The molecule has 0 unspecified atom stereocenters. The molecule has 26 rings (SSSR count). The number of fused-ring (bicyclic) bond motifs is 9. The van der Waals surface area contributed by atoms with Crippen molar-refractivity contribution in [2.24, 2.45) is 0 Å². The van der Waals surface area contributed by atoms with Crippen molar-refractivity contribution in [1.29, 1.82) is 0 Å². The molecule has 12 heteroatoms. The van der Waals surface area contributed by atoms with E-state index in [9.17, 15) is 0 Å².